The molecule has 0 aromatic heterocycles. The lowest BCUT2D eigenvalue weighted by Gasteiger charge is -2.25. The van der Waals surface area contributed by atoms with E-state index in [1.165, 1.54) is 4.90 Å². The van der Waals surface area contributed by atoms with Crippen molar-refractivity contribution in [1.82, 2.24) is 15.1 Å². The molecule has 0 aromatic carbocycles. The molecular weight excluding hydrogens is 278 g/mol. The minimum absolute atomic E-state index is 0.323. The van der Waals surface area contributed by atoms with Gasteiger partial charge in [0.1, 0.15) is 12.1 Å². The van der Waals surface area contributed by atoms with Crippen LogP contribution < -0.4 is 5.32 Å². The lowest BCUT2D eigenvalue weighted by atomic mass is 10.0. The fraction of sp³-hybridized carbons (Fsp3) is 0.692. The summed E-state index contributed by atoms with van der Waals surface area (Å²) in [5, 5.41) is 11.6. The smallest absolute Gasteiger partial charge is 0.325 e. The van der Waals surface area contributed by atoms with Crippen LogP contribution in [0.4, 0.5) is 4.79 Å². The Labute approximate surface area is 122 Å². The molecule has 0 aliphatic carbocycles. The number of likely N-dealkylation sites (tertiary alicyclic amines) is 1. The Morgan fingerprint density at radius 1 is 1.38 bits per heavy atom. The predicted molar refractivity (Wildman–Crippen MR) is 71.2 cm³/mol. The van der Waals surface area contributed by atoms with Gasteiger partial charge in [0.2, 0.25) is 5.91 Å². The Bertz CT molecular complexity index is 516. The van der Waals surface area contributed by atoms with Crippen LogP contribution in [0.1, 0.15) is 27.2 Å². The van der Waals surface area contributed by atoms with Gasteiger partial charge in [-0.1, -0.05) is 0 Å². The maximum Gasteiger partial charge on any atom is 0.325 e. The summed E-state index contributed by atoms with van der Waals surface area (Å²) in [7, 11) is 0. The van der Waals surface area contributed by atoms with Crippen molar-refractivity contribution in [2.24, 2.45) is 5.92 Å². The molecule has 2 atom stereocenters. The molecule has 8 heteroatoms. The highest BCUT2D eigenvalue weighted by Crippen LogP contribution is 2.25. The Hall–Kier alpha value is -2.12. The van der Waals surface area contributed by atoms with E-state index in [-0.39, 0.29) is 6.54 Å². The van der Waals surface area contributed by atoms with E-state index < -0.39 is 41.3 Å². The average Bonchev–Trinajstić information content (AvgIpc) is 2.83. The largest absolute Gasteiger partial charge is 0.481 e. The van der Waals surface area contributed by atoms with Gasteiger partial charge in [-0.2, -0.15) is 0 Å². The van der Waals surface area contributed by atoms with Crippen LogP contribution in [0.2, 0.25) is 0 Å². The highest BCUT2D eigenvalue weighted by molar-refractivity contribution is 6.08. The highest BCUT2D eigenvalue weighted by Gasteiger charge is 2.46. The van der Waals surface area contributed by atoms with Crippen LogP contribution in [0.25, 0.3) is 0 Å². The molecule has 2 rings (SSSR count). The quantitative estimate of drug-likeness (QED) is 0.692. The van der Waals surface area contributed by atoms with E-state index in [1.807, 2.05) is 0 Å². The van der Waals surface area contributed by atoms with Gasteiger partial charge in [0.05, 0.1) is 5.92 Å². The summed E-state index contributed by atoms with van der Waals surface area (Å²) < 4.78 is 0. The van der Waals surface area contributed by atoms with E-state index in [4.69, 9.17) is 5.11 Å². The molecule has 2 aliphatic heterocycles. The monoisotopic (exact) mass is 297 g/mol. The minimum atomic E-state index is -1.02. The highest BCUT2D eigenvalue weighted by atomic mass is 16.4. The lowest BCUT2D eigenvalue weighted by molar-refractivity contribution is -0.144. The Morgan fingerprint density at radius 3 is 2.43 bits per heavy atom. The fourth-order valence-corrected chi connectivity index (χ4v) is 2.81. The molecule has 8 nitrogen and oxygen atoms in total. The van der Waals surface area contributed by atoms with Crippen molar-refractivity contribution in [3.63, 3.8) is 0 Å². The summed E-state index contributed by atoms with van der Waals surface area (Å²) in [5.41, 5.74) is -1.02. The number of aliphatic carboxylic acids is 1. The molecule has 2 saturated heterocycles. The number of amides is 4. The molecule has 2 aliphatic rings. The summed E-state index contributed by atoms with van der Waals surface area (Å²) in [5.74, 6) is -2.41. The predicted octanol–water partition coefficient (Wildman–Crippen LogP) is -0.362. The molecule has 2 unspecified atom stereocenters. The first kappa shape index (κ1) is 15.3. The van der Waals surface area contributed by atoms with Gasteiger partial charge in [-0.05, 0) is 27.2 Å². The number of carbonyl (C=O) groups excluding carboxylic acids is 3. The molecule has 0 spiro atoms. The Morgan fingerprint density at radius 2 is 2.00 bits per heavy atom. The number of hydrogen-bond donors (Lipinski definition) is 2. The van der Waals surface area contributed by atoms with Crippen LogP contribution in [-0.4, -0.2) is 63.4 Å². The SMILES string of the molecule is CC1C(C(=O)O)CCN1C(=O)CN1C(=O)NC(C)(C)C1=O. The van der Waals surface area contributed by atoms with E-state index in [0.29, 0.717) is 13.0 Å². The molecule has 0 bridgehead atoms. The number of carboxylic acids is 1. The standard InChI is InChI=1S/C13H19N3O5/c1-7-8(10(18)19)4-5-15(7)9(17)6-16-11(20)13(2,3)14-12(16)21/h7-8H,4-6H2,1-3H3,(H,14,21)(H,18,19). The van der Waals surface area contributed by atoms with Gasteiger partial charge in [-0.3, -0.25) is 19.3 Å². The molecule has 2 heterocycles. The molecule has 0 aromatic rings. The zero-order valence-electron chi connectivity index (χ0n) is 12.3. The second-order valence-corrected chi connectivity index (χ2v) is 6.01. The van der Waals surface area contributed by atoms with E-state index in [0.717, 1.165) is 4.90 Å². The molecule has 0 radical (unpaired) electrons. The first-order valence-corrected chi connectivity index (χ1v) is 6.81. The number of carbonyl (C=O) groups is 4. The number of imide groups is 1. The molecule has 2 fully saturated rings. The van der Waals surface area contributed by atoms with Crippen molar-refractivity contribution in [2.45, 2.75) is 38.8 Å². The van der Waals surface area contributed by atoms with Crippen LogP contribution in [0.15, 0.2) is 0 Å². The van der Waals surface area contributed by atoms with Gasteiger partial charge in [0.25, 0.3) is 5.91 Å². The molecule has 21 heavy (non-hydrogen) atoms. The Balaban J connectivity index is 2.05. The number of nitrogens with zero attached hydrogens (tertiary/aromatic N) is 2. The third kappa shape index (κ3) is 2.57. The number of carboxylic acid groups (broad SMARTS) is 1. The molecule has 116 valence electrons. The third-order valence-electron chi connectivity index (χ3n) is 4.13. The van der Waals surface area contributed by atoms with Gasteiger partial charge >= 0.3 is 12.0 Å². The van der Waals surface area contributed by atoms with Crippen LogP contribution in [0, 0.1) is 5.92 Å². The van der Waals surface area contributed by atoms with Gasteiger partial charge in [0.15, 0.2) is 0 Å². The van der Waals surface area contributed by atoms with Crippen LogP contribution in [0.3, 0.4) is 0 Å². The summed E-state index contributed by atoms with van der Waals surface area (Å²) in [6.45, 7) is 4.77. The van der Waals surface area contributed by atoms with Crippen LogP contribution >= 0.6 is 0 Å². The maximum atomic E-state index is 12.2. The van der Waals surface area contributed by atoms with Gasteiger partial charge in [0, 0.05) is 12.6 Å². The molecule has 2 N–H and O–H groups in total. The van der Waals surface area contributed by atoms with E-state index in [2.05, 4.69) is 5.32 Å². The minimum Gasteiger partial charge on any atom is -0.481 e. The van der Waals surface area contributed by atoms with Crippen molar-refractivity contribution in [1.29, 1.82) is 0 Å². The van der Waals surface area contributed by atoms with E-state index in [1.54, 1.807) is 20.8 Å². The normalized spacial score (nSPS) is 28.0. The molecule has 0 saturated carbocycles. The van der Waals surface area contributed by atoms with Crippen LogP contribution in [-0.2, 0) is 14.4 Å². The van der Waals surface area contributed by atoms with Crippen molar-refractivity contribution in [3.8, 4) is 0 Å². The average molecular weight is 297 g/mol. The van der Waals surface area contributed by atoms with E-state index in [9.17, 15) is 19.2 Å². The second-order valence-electron chi connectivity index (χ2n) is 6.01. The van der Waals surface area contributed by atoms with Gasteiger partial charge in [-0.25, -0.2) is 4.79 Å². The summed E-state index contributed by atoms with van der Waals surface area (Å²) in [4.78, 5) is 49.3. The van der Waals surface area contributed by atoms with Crippen LogP contribution in [0.5, 0.6) is 0 Å². The zero-order chi connectivity index (χ0) is 15.9. The maximum absolute atomic E-state index is 12.2. The Kier molecular flexibility index (Phi) is 3.65. The van der Waals surface area contributed by atoms with Crippen molar-refractivity contribution in [2.75, 3.05) is 13.1 Å². The van der Waals surface area contributed by atoms with Crippen molar-refractivity contribution in [3.05, 3.63) is 0 Å². The van der Waals surface area contributed by atoms with Crippen molar-refractivity contribution >= 4 is 23.8 Å². The zero-order valence-corrected chi connectivity index (χ0v) is 12.3. The fourth-order valence-electron chi connectivity index (χ4n) is 2.81. The number of urea groups is 1. The first-order chi connectivity index (χ1) is 9.65. The van der Waals surface area contributed by atoms with E-state index >= 15 is 0 Å². The third-order valence-corrected chi connectivity index (χ3v) is 4.13. The summed E-state index contributed by atoms with van der Waals surface area (Å²) in [6.07, 6.45) is 0.383. The lowest BCUT2D eigenvalue weighted by Crippen LogP contribution is -2.46. The second kappa shape index (κ2) is 5.01. The van der Waals surface area contributed by atoms with Gasteiger partial charge in [-0.15, -0.1) is 0 Å². The van der Waals surface area contributed by atoms with Crippen molar-refractivity contribution < 1.29 is 24.3 Å². The first-order valence-electron chi connectivity index (χ1n) is 6.81. The number of rotatable bonds is 3. The number of nitrogens with one attached hydrogen (secondary N) is 1. The summed E-state index contributed by atoms with van der Waals surface area (Å²) in [6, 6.07) is -1.04. The molecule has 4 amide bonds. The van der Waals surface area contributed by atoms with Gasteiger partial charge < -0.3 is 15.3 Å². The molecular formula is C13H19N3O5. The topological polar surface area (TPSA) is 107 Å². The summed E-state index contributed by atoms with van der Waals surface area (Å²) >= 11 is 0. The number of hydrogen-bond acceptors (Lipinski definition) is 4.